The van der Waals surface area contributed by atoms with Gasteiger partial charge in [-0.2, -0.15) is 13.2 Å². The molecule has 0 radical (unpaired) electrons. The van der Waals surface area contributed by atoms with E-state index in [-0.39, 0.29) is 11.6 Å². The van der Waals surface area contributed by atoms with Crippen LogP contribution in [0.5, 0.6) is 0 Å². The average Bonchev–Trinajstić information content (AvgIpc) is 3.05. The molecule has 2 aliphatic heterocycles. The molecule has 1 amide bonds. The summed E-state index contributed by atoms with van der Waals surface area (Å²) >= 11 is 0. The molecule has 0 saturated carbocycles. The fourth-order valence-electron chi connectivity index (χ4n) is 3.65. The third kappa shape index (κ3) is 3.39. The van der Waals surface area contributed by atoms with Gasteiger partial charge in [-0.25, -0.2) is 0 Å². The minimum Gasteiger partial charge on any atom is -0.459 e. The van der Waals surface area contributed by atoms with Gasteiger partial charge in [-0.05, 0) is 44.1 Å². The molecule has 0 N–H and O–H groups in total. The van der Waals surface area contributed by atoms with Gasteiger partial charge in [0.15, 0.2) is 0 Å². The van der Waals surface area contributed by atoms with Crippen molar-refractivity contribution in [3.05, 3.63) is 23.7 Å². The van der Waals surface area contributed by atoms with Crippen LogP contribution in [0.3, 0.4) is 0 Å². The van der Waals surface area contributed by atoms with Crippen molar-refractivity contribution < 1.29 is 27.1 Å². The molecule has 0 spiro atoms. The predicted octanol–water partition coefficient (Wildman–Crippen LogP) is 3.72. The molecule has 1 atom stereocenters. The second kappa shape index (κ2) is 6.55. The summed E-state index contributed by atoms with van der Waals surface area (Å²) in [6.45, 7) is 1.81. The number of ether oxygens (including phenoxy) is 1. The molecule has 2 fully saturated rings. The van der Waals surface area contributed by atoms with E-state index in [0.717, 1.165) is 44.4 Å². The van der Waals surface area contributed by atoms with Crippen molar-refractivity contribution in [2.24, 2.45) is 5.92 Å². The number of rotatable bonds is 2. The Labute approximate surface area is 132 Å². The first-order chi connectivity index (χ1) is 11.0. The molecule has 3 heterocycles. The van der Waals surface area contributed by atoms with Crippen molar-refractivity contribution in [1.29, 1.82) is 0 Å². The molecular weight excluding hydrogens is 311 g/mol. The lowest BCUT2D eigenvalue weighted by molar-refractivity contribution is -0.153. The maximum absolute atomic E-state index is 13.0. The number of furan rings is 1. The molecule has 1 unspecified atom stereocenters. The topological polar surface area (TPSA) is 42.7 Å². The molecule has 0 aliphatic carbocycles. The van der Waals surface area contributed by atoms with Crippen LogP contribution in [0.25, 0.3) is 0 Å². The largest absolute Gasteiger partial charge is 0.459 e. The predicted molar refractivity (Wildman–Crippen MR) is 75.9 cm³/mol. The van der Waals surface area contributed by atoms with Crippen LogP contribution in [0.4, 0.5) is 13.2 Å². The van der Waals surface area contributed by atoms with Crippen LogP contribution >= 0.6 is 0 Å². The lowest BCUT2D eigenvalue weighted by Crippen LogP contribution is -2.49. The molecule has 0 bridgehead atoms. The van der Waals surface area contributed by atoms with E-state index in [2.05, 4.69) is 4.42 Å². The fourth-order valence-corrected chi connectivity index (χ4v) is 3.65. The van der Waals surface area contributed by atoms with Gasteiger partial charge in [-0.15, -0.1) is 0 Å². The molecule has 0 aromatic carbocycles. The van der Waals surface area contributed by atoms with E-state index in [1.165, 1.54) is 0 Å². The van der Waals surface area contributed by atoms with E-state index >= 15 is 0 Å². The van der Waals surface area contributed by atoms with Crippen LogP contribution in [0.2, 0.25) is 0 Å². The summed E-state index contributed by atoms with van der Waals surface area (Å²) in [4.78, 5) is 14.3. The van der Waals surface area contributed by atoms with Gasteiger partial charge in [0.2, 0.25) is 5.76 Å². The van der Waals surface area contributed by atoms with Crippen molar-refractivity contribution in [2.75, 3.05) is 19.8 Å². The van der Waals surface area contributed by atoms with Gasteiger partial charge in [0.05, 0.1) is 11.8 Å². The van der Waals surface area contributed by atoms with E-state index in [0.29, 0.717) is 25.7 Å². The smallest absolute Gasteiger partial charge is 0.450 e. The van der Waals surface area contributed by atoms with Crippen LogP contribution < -0.4 is 0 Å². The number of alkyl halides is 3. The zero-order valence-corrected chi connectivity index (χ0v) is 12.8. The zero-order valence-electron chi connectivity index (χ0n) is 12.8. The van der Waals surface area contributed by atoms with Crippen LogP contribution in [0, 0.1) is 5.92 Å². The zero-order chi connectivity index (χ0) is 16.4. The Kier molecular flexibility index (Phi) is 4.66. The monoisotopic (exact) mass is 331 g/mol. The van der Waals surface area contributed by atoms with Gasteiger partial charge in [0.1, 0.15) is 0 Å². The number of halogens is 3. The third-order valence-electron chi connectivity index (χ3n) is 4.77. The van der Waals surface area contributed by atoms with Crippen LogP contribution in [0.15, 0.2) is 16.7 Å². The minimum atomic E-state index is -4.65. The molecule has 128 valence electrons. The summed E-state index contributed by atoms with van der Waals surface area (Å²) in [6.07, 6.45) is 0.656. The number of nitrogens with zero attached hydrogens (tertiary/aromatic N) is 1. The Morgan fingerprint density at radius 2 is 1.91 bits per heavy atom. The number of amides is 1. The Bertz CT molecular complexity index is 549. The number of likely N-dealkylation sites (tertiary alicyclic amines) is 1. The van der Waals surface area contributed by atoms with Crippen molar-refractivity contribution in [3.8, 4) is 0 Å². The molecular formula is C16H20F3NO3. The highest BCUT2D eigenvalue weighted by Gasteiger charge is 2.42. The summed E-state index contributed by atoms with van der Waals surface area (Å²) in [6, 6.07) is 1.12. The summed E-state index contributed by atoms with van der Waals surface area (Å²) in [5.74, 6) is -1.46. The Morgan fingerprint density at radius 1 is 1.17 bits per heavy atom. The second-order valence-corrected chi connectivity index (χ2v) is 6.17. The average molecular weight is 331 g/mol. The highest BCUT2D eigenvalue weighted by molar-refractivity contribution is 5.95. The molecule has 2 saturated heterocycles. The summed E-state index contributed by atoms with van der Waals surface area (Å²) in [5, 5.41) is 0. The first-order valence-electron chi connectivity index (χ1n) is 8.02. The van der Waals surface area contributed by atoms with E-state index in [9.17, 15) is 18.0 Å². The SMILES string of the molecule is O=C(c1ccoc1C(F)(F)F)N1CCCCC1C1CCOCC1. The quantitative estimate of drug-likeness (QED) is 0.829. The van der Waals surface area contributed by atoms with Gasteiger partial charge in [-0.3, -0.25) is 4.79 Å². The van der Waals surface area contributed by atoms with E-state index in [4.69, 9.17) is 4.74 Å². The van der Waals surface area contributed by atoms with Crippen molar-refractivity contribution in [3.63, 3.8) is 0 Å². The van der Waals surface area contributed by atoms with Crippen LogP contribution in [-0.2, 0) is 10.9 Å². The van der Waals surface area contributed by atoms with E-state index < -0.39 is 17.8 Å². The molecule has 4 nitrogen and oxygen atoms in total. The molecule has 7 heteroatoms. The molecule has 2 aliphatic rings. The number of carbonyl (C=O) groups is 1. The fraction of sp³-hybridized carbons (Fsp3) is 0.688. The standard InChI is InChI=1S/C16H20F3NO3/c17-16(18,19)14-12(6-10-23-14)15(21)20-7-2-1-3-13(20)11-4-8-22-9-5-11/h6,10-11,13H,1-5,7-9H2. The summed E-state index contributed by atoms with van der Waals surface area (Å²) in [5.41, 5.74) is -0.378. The third-order valence-corrected chi connectivity index (χ3v) is 4.77. The number of piperidine rings is 1. The van der Waals surface area contributed by atoms with Crippen LogP contribution in [0.1, 0.15) is 48.2 Å². The molecule has 3 rings (SSSR count). The van der Waals surface area contributed by atoms with Crippen LogP contribution in [-0.4, -0.2) is 36.6 Å². The van der Waals surface area contributed by atoms with E-state index in [1.807, 2.05) is 0 Å². The van der Waals surface area contributed by atoms with Crippen molar-refractivity contribution in [1.82, 2.24) is 4.90 Å². The molecule has 23 heavy (non-hydrogen) atoms. The van der Waals surface area contributed by atoms with Gasteiger partial charge >= 0.3 is 6.18 Å². The first kappa shape index (κ1) is 16.4. The lowest BCUT2D eigenvalue weighted by atomic mass is 9.85. The minimum absolute atomic E-state index is 0.00358. The normalized spacial score (nSPS) is 24.0. The Morgan fingerprint density at radius 3 is 2.61 bits per heavy atom. The number of carbonyl (C=O) groups excluding carboxylic acids is 1. The van der Waals surface area contributed by atoms with Gasteiger partial charge in [-0.1, -0.05) is 0 Å². The lowest BCUT2D eigenvalue weighted by Gasteiger charge is -2.41. The maximum Gasteiger partial charge on any atom is 0.450 e. The van der Waals surface area contributed by atoms with Gasteiger partial charge in [0, 0.05) is 25.8 Å². The Balaban J connectivity index is 1.83. The Hall–Kier alpha value is -1.50. The summed E-state index contributed by atoms with van der Waals surface area (Å²) in [7, 11) is 0. The molecule has 1 aromatic heterocycles. The van der Waals surface area contributed by atoms with Gasteiger partial charge in [0.25, 0.3) is 5.91 Å². The summed E-state index contributed by atoms with van der Waals surface area (Å²) < 4.78 is 48.8. The number of hydrogen-bond donors (Lipinski definition) is 0. The highest BCUT2D eigenvalue weighted by Crippen LogP contribution is 2.36. The highest BCUT2D eigenvalue weighted by atomic mass is 19.4. The van der Waals surface area contributed by atoms with Crippen molar-refractivity contribution >= 4 is 5.91 Å². The van der Waals surface area contributed by atoms with Gasteiger partial charge < -0.3 is 14.1 Å². The number of hydrogen-bond acceptors (Lipinski definition) is 3. The van der Waals surface area contributed by atoms with Crippen molar-refractivity contribution in [2.45, 2.75) is 44.3 Å². The second-order valence-electron chi connectivity index (χ2n) is 6.17. The van der Waals surface area contributed by atoms with E-state index in [1.54, 1.807) is 4.90 Å². The first-order valence-corrected chi connectivity index (χ1v) is 8.02. The maximum atomic E-state index is 13.0. The molecule has 1 aromatic rings.